The number of hydrogen-bond donors (Lipinski definition) is 1. The summed E-state index contributed by atoms with van der Waals surface area (Å²) in [5.41, 5.74) is 3.23. The van der Waals surface area contributed by atoms with Crippen LogP contribution in [0.5, 0.6) is 0 Å². The summed E-state index contributed by atoms with van der Waals surface area (Å²) in [6, 6.07) is 12.5. The Labute approximate surface area is 153 Å². The van der Waals surface area contributed by atoms with Gasteiger partial charge in [0.25, 0.3) is 0 Å². The Morgan fingerprint density at radius 3 is 2.81 bits per heavy atom. The molecule has 0 aliphatic carbocycles. The van der Waals surface area contributed by atoms with E-state index in [2.05, 4.69) is 43.8 Å². The molecule has 1 aliphatic rings. The van der Waals surface area contributed by atoms with Crippen LogP contribution in [0.1, 0.15) is 42.2 Å². The van der Waals surface area contributed by atoms with Crippen molar-refractivity contribution in [2.24, 2.45) is 0 Å². The summed E-state index contributed by atoms with van der Waals surface area (Å²) in [6.45, 7) is 6.26. The molecule has 136 valence electrons. The topological polar surface area (TPSA) is 59.1 Å². The third kappa shape index (κ3) is 3.57. The summed E-state index contributed by atoms with van der Waals surface area (Å²) >= 11 is 0. The number of aromatic nitrogens is 4. The number of fused-ring (bicyclic) bond motifs is 1. The molecule has 26 heavy (non-hydrogen) atoms. The average Bonchev–Trinajstić information content (AvgIpc) is 3.28. The van der Waals surface area contributed by atoms with Crippen molar-refractivity contribution in [2.45, 2.75) is 45.6 Å². The lowest BCUT2D eigenvalue weighted by Crippen LogP contribution is -2.34. The minimum absolute atomic E-state index is 0.466. The lowest BCUT2D eigenvalue weighted by atomic mass is 10.2. The van der Waals surface area contributed by atoms with Crippen molar-refractivity contribution in [3.8, 4) is 0 Å². The molecule has 0 spiro atoms. The molecule has 1 aliphatic heterocycles. The molecule has 1 atom stereocenters. The average molecular weight is 351 g/mol. The van der Waals surface area contributed by atoms with E-state index in [1.807, 2.05) is 36.1 Å². The normalized spacial score (nSPS) is 15.8. The van der Waals surface area contributed by atoms with Crippen LogP contribution in [0.3, 0.4) is 0 Å². The van der Waals surface area contributed by atoms with Crippen molar-refractivity contribution in [1.82, 2.24) is 24.2 Å². The van der Waals surface area contributed by atoms with E-state index in [9.17, 15) is 5.11 Å². The Hall–Kier alpha value is -2.44. The fraction of sp³-hybridized carbons (Fsp3) is 0.400. The van der Waals surface area contributed by atoms with Gasteiger partial charge in [0.15, 0.2) is 0 Å². The molecular formula is C20H25N5O. The van der Waals surface area contributed by atoms with Crippen LogP contribution in [0.4, 0.5) is 0 Å². The highest BCUT2D eigenvalue weighted by Crippen LogP contribution is 2.21. The van der Waals surface area contributed by atoms with Gasteiger partial charge < -0.3 is 9.67 Å². The van der Waals surface area contributed by atoms with E-state index < -0.39 is 6.10 Å². The number of nitrogens with zero attached hydrogens (tertiary/aromatic N) is 5. The van der Waals surface area contributed by atoms with E-state index in [4.69, 9.17) is 0 Å². The van der Waals surface area contributed by atoms with Crippen LogP contribution >= 0.6 is 0 Å². The Kier molecular flexibility index (Phi) is 4.86. The first-order valence-corrected chi connectivity index (χ1v) is 9.24. The number of aliphatic hydroxyl groups excluding tert-OH is 1. The highest BCUT2D eigenvalue weighted by molar-refractivity contribution is 5.16. The molecule has 0 radical (unpaired) electrons. The van der Waals surface area contributed by atoms with E-state index in [-0.39, 0.29) is 0 Å². The zero-order valence-electron chi connectivity index (χ0n) is 15.1. The molecule has 0 fully saturated rings. The van der Waals surface area contributed by atoms with Crippen LogP contribution in [-0.4, -0.2) is 35.9 Å². The van der Waals surface area contributed by atoms with Crippen molar-refractivity contribution in [1.29, 1.82) is 0 Å². The second-order valence-corrected chi connectivity index (χ2v) is 6.88. The smallest absolute Gasteiger partial charge is 0.123 e. The summed E-state index contributed by atoms with van der Waals surface area (Å²) in [5, 5.41) is 14.6. The van der Waals surface area contributed by atoms with Gasteiger partial charge in [0.1, 0.15) is 5.82 Å². The second kappa shape index (κ2) is 7.43. The van der Waals surface area contributed by atoms with Gasteiger partial charge >= 0.3 is 0 Å². The maximum Gasteiger partial charge on any atom is 0.123 e. The van der Waals surface area contributed by atoms with Crippen LogP contribution in [0, 0.1) is 0 Å². The van der Waals surface area contributed by atoms with Crippen LogP contribution < -0.4 is 0 Å². The van der Waals surface area contributed by atoms with E-state index >= 15 is 0 Å². The predicted octanol–water partition coefficient (Wildman–Crippen LogP) is 2.59. The lowest BCUT2D eigenvalue weighted by molar-refractivity contribution is 0.166. The van der Waals surface area contributed by atoms with Crippen molar-refractivity contribution in [2.75, 3.05) is 6.54 Å². The van der Waals surface area contributed by atoms with Crippen LogP contribution in [-0.2, 0) is 26.2 Å². The van der Waals surface area contributed by atoms with Crippen molar-refractivity contribution in [3.63, 3.8) is 0 Å². The van der Waals surface area contributed by atoms with Crippen molar-refractivity contribution < 1.29 is 5.11 Å². The van der Waals surface area contributed by atoms with Gasteiger partial charge in [0, 0.05) is 32.0 Å². The van der Waals surface area contributed by atoms with E-state index in [0.29, 0.717) is 6.42 Å². The monoisotopic (exact) mass is 351 g/mol. The minimum atomic E-state index is -0.466. The molecule has 3 heterocycles. The van der Waals surface area contributed by atoms with Crippen LogP contribution in [0.2, 0.25) is 0 Å². The van der Waals surface area contributed by atoms with Crippen molar-refractivity contribution in [3.05, 3.63) is 71.6 Å². The summed E-state index contributed by atoms with van der Waals surface area (Å²) in [7, 11) is 0. The number of aliphatic hydroxyl groups is 1. The Balaban J connectivity index is 1.44. The second-order valence-electron chi connectivity index (χ2n) is 6.88. The molecule has 0 saturated heterocycles. The molecule has 3 aromatic rings. The molecule has 0 amide bonds. The van der Waals surface area contributed by atoms with Gasteiger partial charge in [-0.3, -0.25) is 9.58 Å². The van der Waals surface area contributed by atoms with Crippen molar-refractivity contribution >= 4 is 0 Å². The van der Waals surface area contributed by atoms with Gasteiger partial charge in [-0.2, -0.15) is 5.10 Å². The molecular weight excluding hydrogens is 326 g/mol. The van der Waals surface area contributed by atoms with Crippen LogP contribution in [0.15, 0.2) is 48.8 Å². The van der Waals surface area contributed by atoms with Gasteiger partial charge in [0.05, 0.1) is 30.6 Å². The van der Waals surface area contributed by atoms with E-state index in [1.54, 1.807) is 0 Å². The molecule has 0 saturated carbocycles. The van der Waals surface area contributed by atoms with Gasteiger partial charge in [-0.25, -0.2) is 4.98 Å². The molecule has 1 N–H and O–H groups in total. The number of hydrogen-bond acceptors (Lipinski definition) is 4. The molecule has 2 aromatic heterocycles. The SMILES string of the molecule is CCC(O)c1cc2n(n1)CCN(Cc1nccn1Cc1ccccc1)C2. The molecule has 1 aromatic carbocycles. The first kappa shape index (κ1) is 17.0. The summed E-state index contributed by atoms with van der Waals surface area (Å²) in [4.78, 5) is 6.96. The fourth-order valence-corrected chi connectivity index (χ4v) is 3.47. The maximum atomic E-state index is 10.0. The lowest BCUT2D eigenvalue weighted by Gasteiger charge is -2.27. The quantitative estimate of drug-likeness (QED) is 0.742. The van der Waals surface area contributed by atoms with Gasteiger partial charge in [-0.05, 0) is 18.1 Å². The highest BCUT2D eigenvalue weighted by atomic mass is 16.3. The molecule has 4 rings (SSSR count). The molecule has 0 bridgehead atoms. The van der Waals surface area contributed by atoms with E-state index in [0.717, 1.165) is 44.2 Å². The molecule has 6 heteroatoms. The van der Waals surface area contributed by atoms with Crippen LogP contribution in [0.25, 0.3) is 0 Å². The van der Waals surface area contributed by atoms with E-state index in [1.165, 1.54) is 11.3 Å². The summed E-state index contributed by atoms with van der Waals surface area (Å²) in [6.07, 6.45) is 4.15. The van der Waals surface area contributed by atoms with Gasteiger partial charge in [-0.15, -0.1) is 0 Å². The standard InChI is InChI=1S/C20H25N5O/c1-2-19(26)18-12-17-14-23(10-11-25(17)22-18)15-20-21-8-9-24(20)13-16-6-4-3-5-7-16/h3-9,12,19,26H,2,10-11,13-15H2,1H3. The first-order valence-electron chi connectivity index (χ1n) is 9.24. The summed E-state index contributed by atoms with van der Waals surface area (Å²) < 4.78 is 4.24. The Bertz CT molecular complexity index is 854. The van der Waals surface area contributed by atoms with Gasteiger partial charge in [-0.1, -0.05) is 37.3 Å². The summed E-state index contributed by atoms with van der Waals surface area (Å²) in [5.74, 6) is 1.08. The zero-order valence-corrected chi connectivity index (χ0v) is 15.1. The fourth-order valence-electron chi connectivity index (χ4n) is 3.47. The number of benzene rings is 1. The number of imidazole rings is 1. The largest absolute Gasteiger partial charge is 0.387 e. The predicted molar refractivity (Wildman–Crippen MR) is 99.4 cm³/mol. The zero-order chi connectivity index (χ0) is 17.9. The highest BCUT2D eigenvalue weighted by Gasteiger charge is 2.21. The molecule has 1 unspecified atom stereocenters. The Morgan fingerprint density at radius 1 is 1.15 bits per heavy atom. The van der Waals surface area contributed by atoms with Gasteiger partial charge in [0.2, 0.25) is 0 Å². The third-order valence-electron chi connectivity index (χ3n) is 4.99. The first-order chi connectivity index (χ1) is 12.7. The minimum Gasteiger partial charge on any atom is -0.387 e. The third-order valence-corrected chi connectivity index (χ3v) is 4.99. The maximum absolute atomic E-state index is 10.0. The molecule has 6 nitrogen and oxygen atoms in total. The number of rotatable bonds is 6. The Morgan fingerprint density at radius 2 is 2.00 bits per heavy atom.